The van der Waals surface area contributed by atoms with Gasteiger partial charge < -0.3 is 4.42 Å². The van der Waals surface area contributed by atoms with Crippen LogP contribution < -0.4 is 0 Å². The van der Waals surface area contributed by atoms with Crippen LogP contribution in [0.5, 0.6) is 0 Å². The minimum absolute atomic E-state index is 0.887. The van der Waals surface area contributed by atoms with Crippen molar-refractivity contribution in [3.63, 3.8) is 0 Å². The van der Waals surface area contributed by atoms with Gasteiger partial charge in [-0.15, -0.1) is 0 Å². The molecule has 2 rings (SSSR count). The molecule has 2 heteroatoms. The Labute approximate surface area is 96.6 Å². The van der Waals surface area contributed by atoms with Crippen molar-refractivity contribution < 1.29 is 4.42 Å². The van der Waals surface area contributed by atoms with Crippen LogP contribution in [-0.2, 0) is 0 Å². The van der Waals surface area contributed by atoms with Crippen molar-refractivity contribution in [3.05, 3.63) is 57.6 Å². The molecule has 0 atom stereocenters. The molecule has 0 N–H and O–H groups in total. The maximum absolute atomic E-state index is 5.29. The Morgan fingerprint density at radius 2 is 1.86 bits per heavy atom. The number of hydrogen-bond donors (Lipinski definition) is 0. The topological polar surface area (TPSA) is 13.1 Å². The predicted molar refractivity (Wildman–Crippen MR) is 66.8 cm³/mol. The van der Waals surface area contributed by atoms with Crippen molar-refractivity contribution in [1.82, 2.24) is 0 Å². The van der Waals surface area contributed by atoms with E-state index in [-0.39, 0.29) is 0 Å². The fourth-order valence-electron chi connectivity index (χ4n) is 1.16. The first-order valence-electron chi connectivity index (χ1n) is 4.32. The van der Waals surface area contributed by atoms with Crippen LogP contribution in [0.4, 0.5) is 0 Å². The SMILES string of the molecule is Ic1coc(/C=C/c2ccccc2)c1. The van der Waals surface area contributed by atoms with Gasteiger partial charge in [0.2, 0.25) is 0 Å². The minimum atomic E-state index is 0.887. The third-order valence-electron chi connectivity index (χ3n) is 1.83. The zero-order chi connectivity index (χ0) is 9.80. The summed E-state index contributed by atoms with van der Waals surface area (Å²) in [4.78, 5) is 0. The zero-order valence-electron chi connectivity index (χ0n) is 7.48. The molecular formula is C12H9IO. The fraction of sp³-hybridized carbons (Fsp3) is 0. The van der Waals surface area contributed by atoms with Gasteiger partial charge in [0.15, 0.2) is 0 Å². The van der Waals surface area contributed by atoms with Gasteiger partial charge in [-0.2, -0.15) is 0 Å². The highest BCUT2D eigenvalue weighted by Crippen LogP contribution is 2.13. The minimum Gasteiger partial charge on any atom is -0.464 e. The second-order valence-electron chi connectivity index (χ2n) is 2.91. The van der Waals surface area contributed by atoms with Crippen LogP contribution in [0.1, 0.15) is 11.3 Å². The highest BCUT2D eigenvalue weighted by Gasteiger charge is 1.93. The van der Waals surface area contributed by atoms with Gasteiger partial charge in [-0.1, -0.05) is 36.4 Å². The molecule has 0 bridgehead atoms. The zero-order valence-corrected chi connectivity index (χ0v) is 9.64. The van der Waals surface area contributed by atoms with Crippen LogP contribution in [0.25, 0.3) is 12.2 Å². The predicted octanol–water partition coefficient (Wildman–Crippen LogP) is 4.05. The molecule has 0 saturated carbocycles. The van der Waals surface area contributed by atoms with Crippen molar-refractivity contribution in [2.45, 2.75) is 0 Å². The molecule has 0 amide bonds. The third-order valence-corrected chi connectivity index (χ3v) is 2.39. The lowest BCUT2D eigenvalue weighted by molar-refractivity contribution is 0.556. The molecule has 0 saturated heterocycles. The van der Waals surface area contributed by atoms with E-state index >= 15 is 0 Å². The van der Waals surface area contributed by atoms with Crippen LogP contribution in [0.15, 0.2) is 47.1 Å². The van der Waals surface area contributed by atoms with Crippen LogP contribution in [0.3, 0.4) is 0 Å². The fourth-order valence-corrected chi connectivity index (χ4v) is 1.59. The monoisotopic (exact) mass is 296 g/mol. The Hall–Kier alpha value is -1.03. The number of furan rings is 1. The molecule has 2 aromatic rings. The second kappa shape index (κ2) is 4.46. The second-order valence-corrected chi connectivity index (χ2v) is 4.16. The van der Waals surface area contributed by atoms with Gasteiger partial charge in [-0.3, -0.25) is 0 Å². The maximum atomic E-state index is 5.29. The Morgan fingerprint density at radius 3 is 2.50 bits per heavy atom. The Bertz CT molecular complexity index is 429. The maximum Gasteiger partial charge on any atom is 0.127 e. The van der Waals surface area contributed by atoms with Crippen molar-refractivity contribution in [1.29, 1.82) is 0 Å². The van der Waals surface area contributed by atoms with Gasteiger partial charge >= 0.3 is 0 Å². The summed E-state index contributed by atoms with van der Waals surface area (Å²) in [6.07, 6.45) is 5.75. The number of benzene rings is 1. The lowest BCUT2D eigenvalue weighted by Crippen LogP contribution is -1.68. The van der Waals surface area contributed by atoms with Gasteiger partial charge in [0.25, 0.3) is 0 Å². The number of rotatable bonds is 2. The molecule has 0 aliphatic rings. The average Bonchev–Trinajstić information content (AvgIpc) is 2.63. The quantitative estimate of drug-likeness (QED) is 0.762. The lowest BCUT2D eigenvalue weighted by atomic mass is 10.2. The smallest absolute Gasteiger partial charge is 0.127 e. The van der Waals surface area contributed by atoms with E-state index in [1.165, 1.54) is 5.56 Å². The number of hydrogen-bond acceptors (Lipinski definition) is 1. The van der Waals surface area contributed by atoms with E-state index in [9.17, 15) is 0 Å². The van der Waals surface area contributed by atoms with Gasteiger partial charge in [0, 0.05) is 0 Å². The summed E-state index contributed by atoms with van der Waals surface area (Å²) < 4.78 is 6.41. The molecule has 14 heavy (non-hydrogen) atoms. The van der Waals surface area contributed by atoms with Crippen LogP contribution in [0, 0.1) is 3.57 Å². The van der Waals surface area contributed by atoms with E-state index < -0.39 is 0 Å². The van der Waals surface area contributed by atoms with Crippen molar-refractivity contribution >= 4 is 34.7 Å². The van der Waals surface area contributed by atoms with E-state index in [0.717, 1.165) is 9.33 Å². The Morgan fingerprint density at radius 1 is 1.07 bits per heavy atom. The first-order chi connectivity index (χ1) is 6.84. The molecule has 1 aromatic carbocycles. The summed E-state index contributed by atoms with van der Waals surface area (Å²) in [5.41, 5.74) is 1.18. The lowest BCUT2D eigenvalue weighted by Gasteiger charge is -1.89. The van der Waals surface area contributed by atoms with Crippen molar-refractivity contribution in [2.75, 3.05) is 0 Å². The third kappa shape index (κ3) is 2.48. The molecular weight excluding hydrogens is 287 g/mol. The largest absolute Gasteiger partial charge is 0.464 e. The molecule has 0 aliphatic carbocycles. The van der Waals surface area contributed by atoms with Crippen LogP contribution >= 0.6 is 22.6 Å². The van der Waals surface area contributed by atoms with E-state index in [4.69, 9.17) is 4.42 Å². The van der Waals surface area contributed by atoms with E-state index in [1.807, 2.05) is 36.4 Å². The molecule has 1 aromatic heterocycles. The van der Waals surface area contributed by atoms with E-state index in [0.29, 0.717) is 0 Å². The molecule has 1 heterocycles. The Kier molecular flexibility index (Phi) is 3.03. The average molecular weight is 296 g/mol. The molecule has 1 nitrogen and oxygen atoms in total. The first kappa shape index (κ1) is 9.52. The number of halogens is 1. The van der Waals surface area contributed by atoms with Crippen LogP contribution in [-0.4, -0.2) is 0 Å². The summed E-state index contributed by atoms with van der Waals surface area (Å²) in [6.45, 7) is 0. The summed E-state index contributed by atoms with van der Waals surface area (Å²) in [5.74, 6) is 0.887. The molecule has 0 fully saturated rings. The summed E-state index contributed by atoms with van der Waals surface area (Å²) in [5, 5.41) is 0. The van der Waals surface area contributed by atoms with Crippen molar-refractivity contribution in [3.8, 4) is 0 Å². The molecule has 0 spiro atoms. The molecule has 70 valence electrons. The standard InChI is InChI=1S/C12H9IO/c13-11-8-12(14-9-11)7-6-10-4-2-1-3-5-10/h1-9H/b7-6+. The van der Waals surface area contributed by atoms with Crippen LogP contribution in [0.2, 0.25) is 0 Å². The normalized spacial score (nSPS) is 10.9. The molecule has 0 unspecified atom stereocenters. The summed E-state index contributed by atoms with van der Waals surface area (Å²) in [6, 6.07) is 12.2. The van der Waals surface area contributed by atoms with Gasteiger partial charge in [-0.25, -0.2) is 0 Å². The van der Waals surface area contributed by atoms with Gasteiger partial charge in [0.1, 0.15) is 12.0 Å². The van der Waals surface area contributed by atoms with E-state index in [1.54, 1.807) is 6.26 Å². The highest BCUT2D eigenvalue weighted by atomic mass is 127. The summed E-state index contributed by atoms with van der Waals surface area (Å²) in [7, 11) is 0. The summed E-state index contributed by atoms with van der Waals surface area (Å²) >= 11 is 2.23. The van der Waals surface area contributed by atoms with Gasteiger partial charge in [0.05, 0.1) is 3.57 Å². The molecule has 0 aliphatic heterocycles. The highest BCUT2D eigenvalue weighted by molar-refractivity contribution is 14.1. The molecule has 0 radical (unpaired) electrons. The van der Waals surface area contributed by atoms with Gasteiger partial charge in [-0.05, 0) is 40.3 Å². The first-order valence-corrected chi connectivity index (χ1v) is 5.39. The van der Waals surface area contributed by atoms with Crippen molar-refractivity contribution in [2.24, 2.45) is 0 Å². The Balaban J connectivity index is 2.15. The van der Waals surface area contributed by atoms with E-state index in [2.05, 4.69) is 34.7 Å².